The number of hydrogen-bond donors (Lipinski definition) is 1. The summed E-state index contributed by atoms with van der Waals surface area (Å²) in [6.45, 7) is -0.138. The zero-order chi connectivity index (χ0) is 25.6. The third-order valence-electron chi connectivity index (χ3n) is 4.57. The molecule has 0 bridgehead atoms. The fourth-order valence-corrected chi connectivity index (χ4v) is 5.42. The molecule has 0 fully saturated rings. The predicted octanol–water partition coefficient (Wildman–Crippen LogP) is 3.01. The number of anilines is 2. The Labute approximate surface area is 210 Å². The van der Waals surface area contributed by atoms with Gasteiger partial charge in [-0.2, -0.15) is 12.7 Å². The molecule has 0 radical (unpaired) electrons. The molecule has 10 nitrogen and oxygen atoms in total. The molecule has 3 rings (SSSR count). The summed E-state index contributed by atoms with van der Waals surface area (Å²) < 4.78 is 47.1. The summed E-state index contributed by atoms with van der Waals surface area (Å²) in [4.78, 5) is 23.8. The van der Waals surface area contributed by atoms with Gasteiger partial charge in [-0.1, -0.05) is 47.4 Å². The van der Waals surface area contributed by atoms with Gasteiger partial charge < -0.3 is 4.74 Å². The molecule has 186 valence electrons. The summed E-state index contributed by atoms with van der Waals surface area (Å²) in [5, 5.41) is 10.7. The highest BCUT2D eigenvalue weighted by atomic mass is 32.2. The number of thioether (sulfide) groups is 1. The Hall–Kier alpha value is -3.07. The van der Waals surface area contributed by atoms with E-state index in [1.807, 2.05) is 0 Å². The summed E-state index contributed by atoms with van der Waals surface area (Å²) >= 11 is 2.25. The lowest BCUT2D eigenvalue weighted by molar-refractivity contribution is -0.137. The second kappa shape index (κ2) is 11.6. The third-order valence-corrected chi connectivity index (χ3v) is 8.32. The normalized spacial score (nSPS) is 11.3. The Morgan fingerprint density at radius 2 is 1.80 bits per heavy atom. The number of halogens is 1. The SMILES string of the molecule is COC(=O)CSc1nnc(NC(=O)c2ccc(CN(c3ccccc3F)S(=O)(=O)N(C)C)cc2)s1. The quantitative estimate of drug-likeness (QED) is 0.237. The lowest BCUT2D eigenvalue weighted by Crippen LogP contribution is -2.40. The minimum atomic E-state index is -3.99. The van der Waals surface area contributed by atoms with Crippen LogP contribution in [0.1, 0.15) is 15.9 Å². The second-order valence-electron chi connectivity index (χ2n) is 7.14. The van der Waals surface area contributed by atoms with E-state index in [2.05, 4.69) is 20.3 Å². The first-order chi connectivity index (χ1) is 16.6. The van der Waals surface area contributed by atoms with E-state index in [4.69, 9.17) is 0 Å². The molecule has 35 heavy (non-hydrogen) atoms. The molecular formula is C21H22FN5O5S3. The van der Waals surface area contributed by atoms with Gasteiger partial charge in [0.15, 0.2) is 4.34 Å². The Kier molecular flexibility index (Phi) is 8.77. The maximum absolute atomic E-state index is 14.4. The van der Waals surface area contributed by atoms with Gasteiger partial charge in [0, 0.05) is 19.7 Å². The van der Waals surface area contributed by atoms with Crippen molar-refractivity contribution in [3.05, 3.63) is 65.5 Å². The van der Waals surface area contributed by atoms with Crippen molar-refractivity contribution in [3.8, 4) is 0 Å². The van der Waals surface area contributed by atoms with E-state index in [1.54, 1.807) is 18.2 Å². The van der Waals surface area contributed by atoms with Gasteiger partial charge in [-0.05, 0) is 29.8 Å². The number of carbonyl (C=O) groups excluding carboxylic acids is 2. The Morgan fingerprint density at radius 1 is 1.11 bits per heavy atom. The molecule has 0 unspecified atom stereocenters. The summed E-state index contributed by atoms with van der Waals surface area (Å²) in [6.07, 6.45) is 0. The lowest BCUT2D eigenvalue weighted by Gasteiger charge is -2.27. The van der Waals surface area contributed by atoms with E-state index in [0.29, 0.717) is 15.5 Å². The van der Waals surface area contributed by atoms with Crippen molar-refractivity contribution < 1.29 is 27.1 Å². The first-order valence-corrected chi connectivity index (χ1v) is 13.2. The minimum absolute atomic E-state index is 0.0774. The molecule has 0 aliphatic heterocycles. The Morgan fingerprint density at radius 3 is 2.43 bits per heavy atom. The Bertz CT molecular complexity index is 1300. The molecule has 3 aromatic rings. The smallest absolute Gasteiger partial charge is 0.316 e. The number of para-hydroxylation sites is 1. The van der Waals surface area contributed by atoms with Crippen molar-refractivity contribution in [2.75, 3.05) is 36.6 Å². The van der Waals surface area contributed by atoms with Crippen molar-refractivity contribution in [1.29, 1.82) is 0 Å². The molecular weight excluding hydrogens is 517 g/mol. The van der Waals surface area contributed by atoms with E-state index in [-0.39, 0.29) is 23.1 Å². The van der Waals surface area contributed by atoms with Crippen LogP contribution < -0.4 is 9.62 Å². The molecule has 2 aromatic carbocycles. The van der Waals surface area contributed by atoms with Gasteiger partial charge in [0.05, 0.1) is 25.1 Å². The number of rotatable bonds is 10. The van der Waals surface area contributed by atoms with Crippen LogP contribution in [0.4, 0.5) is 15.2 Å². The number of methoxy groups -OCH3 is 1. The number of carbonyl (C=O) groups is 2. The lowest BCUT2D eigenvalue weighted by atomic mass is 10.1. The summed E-state index contributed by atoms with van der Waals surface area (Å²) in [5.74, 6) is -1.43. The first kappa shape index (κ1) is 26.5. The number of esters is 1. The molecule has 0 spiro atoms. The molecule has 1 amide bonds. The first-order valence-electron chi connectivity index (χ1n) is 10.00. The fourth-order valence-electron chi connectivity index (χ4n) is 2.74. The number of amides is 1. The number of benzene rings is 2. The van der Waals surface area contributed by atoms with E-state index in [0.717, 1.165) is 31.7 Å². The van der Waals surface area contributed by atoms with Crippen LogP contribution in [0.25, 0.3) is 0 Å². The fraction of sp³-hybridized carbons (Fsp3) is 0.238. The van der Waals surface area contributed by atoms with Crippen LogP contribution in [0.15, 0.2) is 52.9 Å². The monoisotopic (exact) mass is 539 g/mol. The molecule has 0 saturated carbocycles. The molecule has 0 saturated heterocycles. The minimum Gasteiger partial charge on any atom is -0.468 e. The topological polar surface area (TPSA) is 122 Å². The van der Waals surface area contributed by atoms with Crippen molar-refractivity contribution in [1.82, 2.24) is 14.5 Å². The largest absolute Gasteiger partial charge is 0.468 e. The average molecular weight is 540 g/mol. The van der Waals surface area contributed by atoms with Crippen LogP contribution in [0, 0.1) is 5.82 Å². The van der Waals surface area contributed by atoms with Gasteiger partial charge in [-0.15, -0.1) is 10.2 Å². The van der Waals surface area contributed by atoms with Gasteiger partial charge in [-0.25, -0.2) is 4.39 Å². The zero-order valence-corrected chi connectivity index (χ0v) is 21.4. The van der Waals surface area contributed by atoms with E-state index >= 15 is 0 Å². The predicted molar refractivity (Wildman–Crippen MR) is 132 cm³/mol. The van der Waals surface area contributed by atoms with Gasteiger partial charge in [-0.3, -0.25) is 19.2 Å². The second-order valence-corrected chi connectivity index (χ2v) is 11.4. The van der Waals surface area contributed by atoms with E-state index in [1.165, 1.54) is 51.5 Å². The highest BCUT2D eigenvalue weighted by Gasteiger charge is 2.27. The van der Waals surface area contributed by atoms with Crippen LogP contribution in [-0.4, -0.2) is 61.8 Å². The zero-order valence-electron chi connectivity index (χ0n) is 19.0. The van der Waals surface area contributed by atoms with Crippen LogP contribution in [0.2, 0.25) is 0 Å². The highest BCUT2D eigenvalue weighted by Crippen LogP contribution is 2.27. The molecule has 1 aromatic heterocycles. The van der Waals surface area contributed by atoms with Crippen LogP contribution in [0.5, 0.6) is 0 Å². The van der Waals surface area contributed by atoms with Gasteiger partial charge in [0.1, 0.15) is 5.82 Å². The number of nitrogens with one attached hydrogen (secondary N) is 1. The van der Waals surface area contributed by atoms with Crippen LogP contribution in [-0.2, 0) is 26.3 Å². The number of aromatic nitrogens is 2. The van der Waals surface area contributed by atoms with Crippen molar-refractivity contribution in [2.24, 2.45) is 0 Å². The van der Waals surface area contributed by atoms with Gasteiger partial charge >= 0.3 is 16.2 Å². The number of nitrogens with zero attached hydrogens (tertiary/aromatic N) is 4. The van der Waals surface area contributed by atoms with Crippen molar-refractivity contribution in [3.63, 3.8) is 0 Å². The van der Waals surface area contributed by atoms with E-state index in [9.17, 15) is 22.4 Å². The number of ether oxygens (including phenoxy) is 1. The van der Waals surface area contributed by atoms with Crippen LogP contribution >= 0.6 is 23.1 Å². The number of hydrogen-bond acceptors (Lipinski definition) is 9. The maximum atomic E-state index is 14.4. The summed E-state index contributed by atoms with van der Waals surface area (Å²) in [5.41, 5.74) is 0.772. The Balaban J connectivity index is 1.71. The van der Waals surface area contributed by atoms with Crippen LogP contribution in [0.3, 0.4) is 0 Å². The molecule has 1 N–H and O–H groups in total. The molecule has 0 atom stereocenters. The standard InChI is InChI=1S/C21H22FN5O5S3/c1-26(2)35(30,31)27(17-7-5-4-6-16(17)22)12-14-8-10-15(11-9-14)19(29)23-20-24-25-21(34-20)33-13-18(28)32-3/h4-11H,12-13H2,1-3H3,(H,23,24,29). The summed E-state index contributed by atoms with van der Waals surface area (Å²) in [7, 11) is 0.0324. The maximum Gasteiger partial charge on any atom is 0.316 e. The molecule has 14 heteroatoms. The van der Waals surface area contributed by atoms with Gasteiger partial charge in [0.2, 0.25) is 5.13 Å². The van der Waals surface area contributed by atoms with Crippen molar-refractivity contribution in [2.45, 2.75) is 10.9 Å². The average Bonchev–Trinajstić information content (AvgIpc) is 3.28. The highest BCUT2D eigenvalue weighted by molar-refractivity contribution is 8.01. The molecule has 0 aliphatic carbocycles. The summed E-state index contributed by atoms with van der Waals surface area (Å²) in [6, 6.07) is 11.8. The van der Waals surface area contributed by atoms with E-state index < -0.39 is 27.9 Å². The molecule has 0 aliphatic rings. The molecule has 1 heterocycles. The van der Waals surface area contributed by atoms with Crippen molar-refractivity contribution >= 4 is 56.0 Å². The third kappa shape index (κ3) is 6.75. The van der Waals surface area contributed by atoms with Gasteiger partial charge in [0.25, 0.3) is 5.91 Å².